The number of carbonyl (C=O) groups is 1. The first kappa shape index (κ1) is 12.9. The number of carbonyl (C=O) groups excluding carboxylic acids is 1. The Morgan fingerprint density at radius 2 is 2.29 bits per heavy atom. The van der Waals surface area contributed by atoms with Crippen LogP contribution in [0.1, 0.15) is 17.7 Å². The van der Waals surface area contributed by atoms with Gasteiger partial charge in [-0.2, -0.15) is 0 Å². The first-order chi connectivity index (χ1) is 8.25. The van der Waals surface area contributed by atoms with E-state index in [9.17, 15) is 9.90 Å². The lowest BCUT2D eigenvalue weighted by Gasteiger charge is -2.29. The van der Waals surface area contributed by atoms with Crippen molar-refractivity contribution in [3.8, 4) is 0 Å². The SMILES string of the molecule is O=C(CSCc1cccs1)N1CCC(O)CC1. The predicted molar refractivity (Wildman–Crippen MR) is 72.3 cm³/mol. The number of piperidine rings is 1. The molecular weight excluding hydrogens is 254 g/mol. The summed E-state index contributed by atoms with van der Waals surface area (Å²) in [6, 6.07) is 4.13. The smallest absolute Gasteiger partial charge is 0.232 e. The molecule has 0 aliphatic carbocycles. The Kier molecular flexibility index (Phi) is 4.88. The summed E-state index contributed by atoms with van der Waals surface area (Å²) >= 11 is 3.40. The largest absolute Gasteiger partial charge is 0.393 e. The van der Waals surface area contributed by atoms with Crippen LogP contribution in [-0.2, 0) is 10.5 Å². The zero-order valence-electron chi connectivity index (χ0n) is 9.67. The van der Waals surface area contributed by atoms with E-state index in [4.69, 9.17) is 0 Å². The summed E-state index contributed by atoms with van der Waals surface area (Å²) < 4.78 is 0. The second kappa shape index (κ2) is 6.42. The number of hydrogen-bond acceptors (Lipinski definition) is 4. The normalized spacial score (nSPS) is 17.4. The average molecular weight is 271 g/mol. The fourth-order valence-corrected chi connectivity index (χ4v) is 3.61. The first-order valence-corrected chi connectivity index (χ1v) is 7.85. The van der Waals surface area contributed by atoms with Crippen LogP contribution in [0.3, 0.4) is 0 Å². The van der Waals surface area contributed by atoms with Crippen molar-refractivity contribution in [1.29, 1.82) is 0 Å². The molecule has 2 heterocycles. The van der Waals surface area contributed by atoms with Gasteiger partial charge in [-0.1, -0.05) is 6.07 Å². The Hall–Kier alpha value is -0.520. The molecule has 1 aliphatic rings. The molecule has 17 heavy (non-hydrogen) atoms. The van der Waals surface area contributed by atoms with Gasteiger partial charge < -0.3 is 10.0 Å². The van der Waals surface area contributed by atoms with E-state index in [1.165, 1.54) is 4.88 Å². The second-order valence-corrected chi connectivity index (χ2v) is 6.20. The molecule has 0 spiro atoms. The predicted octanol–water partition coefficient (Wildman–Crippen LogP) is 1.96. The lowest BCUT2D eigenvalue weighted by molar-refractivity contribution is -0.130. The lowest BCUT2D eigenvalue weighted by Crippen LogP contribution is -2.40. The van der Waals surface area contributed by atoms with E-state index in [1.54, 1.807) is 23.1 Å². The molecular formula is C12H17NO2S2. The van der Waals surface area contributed by atoms with Gasteiger partial charge in [0.25, 0.3) is 0 Å². The van der Waals surface area contributed by atoms with E-state index in [1.807, 2.05) is 11.0 Å². The van der Waals surface area contributed by atoms with Gasteiger partial charge in [-0.15, -0.1) is 23.1 Å². The monoisotopic (exact) mass is 271 g/mol. The number of nitrogens with zero attached hydrogens (tertiary/aromatic N) is 1. The van der Waals surface area contributed by atoms with Crippen molar-refractivity contribution in [2.24, 2.45) is 0 Å². The standard InChI is InChI=1S/C12H17NO2S2/c14-10-3-5-13(6-4-10)12(15)9-16-8-11-2-1-7-17-11/h1-2,7,10,14H,3-6,8-9H2. The van der Waals surface area contributed by atoms with E-state index in [0.717, 1.165) is 18.6 Å². The van der Waals surface area contributed by atoms with Gasteiger partial charge in [-0.05, 0) is 24.3 Å². The Labute approximate surface area is 110 Å². The van der Waals surface area contributed by atoms with Crippen molar-refractivity contribution in [2.45, 2.75) is 24.7 Å². The van der Waals surface area contributed by atoms with Gasteiger partial charge in [-0.25, -0.2) is 0 Å². The third-order valence-electron chi connectivity index (χ3n) is 2.87. The van der Waals surface area contributed by atoms with Crippen molar-refractivity contribution in [3.63, 3.8) is 0 Å². The Morgan fingerprint density at radius 3 is 2.94 bits per heavy atom. The van der Waals surface area contributed by atoms with Crippen LogP contribution in [-0.4, -0.2) is 40.9 Å². The van der Waals surface area contributed by atoms with E-state index in [0.29, 0.717) is 18.8 Å². The number of rotatable bonds is 4. The number of hydrogen-bond donors (Lipinski definition) is 1. The van der Waals surface area contributed by atoms with Crippen LogP contribution in [0.5, 0.6) is 0 Å². The molecule has 1 fully saturated rings. The molecule has 3 nitrogen and oxygen atoms in total. The minimum absolute atomic E-state index is 0.207. The van der Waals surface area contributed by atoms with Crippen LogP contribution in [0, 0.1) is 0 Å². The lowest BCUT2D eigenvalue weighted by atomic mass is 10.1. The highest BCUT2D eigenvalue weighted by Crippen LogP contribution is 2.18. The summed E-state index contributed by atoms with van der Waals surface area (Å²) in [5, 5.41) is 11.4. The molecule has 0 atom stereocenters. The van der Waals surface area contributed by atoms with E-state index >= 15 is 0 Å². The topological polar surface area (TPSA) is 40.5 Å². The van der Waals surface area contributed by atoms with Crippen LogP contribution in [0.4, 0.5) is 0 Å². The fourth-order valence-electron chi connectivity index (χ4n) is 1.84. The molecule has 1 aromatic heterocycles. The van der Waals surface area contributed by atoms with E-state index < -0.39 is 0 Å². The molecule has 1 N–H and O–H groups in total. The first-order valence-electron chi connectivity index (χ1n) is 5.81. The minimum atomic E-state index is -0.210. The summed E-state index contributed by atoms with van der Waals surface area (Å²) in [4.78, 5) is 15.0. The van der Waals surface area contributed by atoms with Crippen LogP contribution in [0.2, 0.25) is 0 Å². The van der Waals surface area contributed by atoms with Crippen LogP contribution < -0.4 is 0 Å². The summed E-state index contributed by atoms with van der Waals surface area (Å²) in [5.41, 5.74) is 0. The summed E-state index contributed by atoms with van der Waals surface area (Å²) in [6.45, 7) is 1.42. The minimum Gasteiger partial charge on any atom is -0.393 e. The number of thioether (sulfide) groups is 1. The molecule has 0 unspecified atom stereocenters. The maximum absolute atomic E-state index is 11.9. The van der Waals surface area contributed by atoms with Gasteiger partial charge in [-0.3, -0.25) is 4.79 Å². The zero-order chi connectivity index (χ0) is 12.1. The highest BCUT2D eigenvalue weighted by molar-refractivity contribution is 7.99. The Balaban J connectivity index is 1.67. The molecule has 0 saturated carbocycles. The number of aliphatic hydroxyl groups is 1. The Bertz CT molecular complexity index is 345. The summed E-state index contributed by atoms with van der Waals surface area (Å²) in [6.07, 6.45) is 1.24. The van der Waals surface area contributed by atoms with Crippen LogP contribution >= 0.6 is 23.1 Å². The van der Waals surface area contributed by atoms with Gasteiger partial charge in [0.15, 0.2) is 0 Å². The molecule has 1 saturated heterocycles. The van der Waals surface area contributed by atoms with Gasteiger partial charge in [0.2, 0.25) is 5.91 Å². The van der Waals surface area contributed by atoms with E-state index in [-0.39, 0.29) is 12.0 Å². The Morgan fingerprint density at radius 1 is 1.53 bits per heavy atom. The fraction of sp³-hybridized carbons (Fsp3) is 0.583. The van der Waals surface area contributed by atoms with E-state index in [2.05, 4.69) is 11.4 Å². The van der Waals surface area contributed by atoms with Crippen molar-refractivity contribution in [2.75, 3.05) is 18.8 Å². The zero-order valence-corrected chi connectivity index (χ0v) is 11.3. The summed E-state index contributed by atoms with van der Waals surface area (Å²) in [5.74, 6) is 1.67. The third kappa shape index (κ3) is 4.01. The highest BCUT2D eigenvalue weighted by Gasteiger charge is 2.20. The van der Waals surface area contributed by atoms with Gasteiger partial charge in [0, 0.05) is 23.7 Å². The number of likely N-dealkylation sites (tertiary alicyclic amines) is 1. The maximum atomic E-state index is 11.9. The van der Waals surface area contributed by atoms with Gasteiger partial charge >= 0.3 is 0 Å². The van der Waals surface area contributed by atoms with Gasteiger partial charge in [0.1, 0.15) is 0 Å². The van der Waals surface area contributed by atoms with Crippen LogP contribution in [0.15, 0.2) is 17.5 Å². The van der Waals surface area contributed by atoms with Gasteiger partial charge in [0.05, 0.1) is 11.9 Å². The van der Waals surface area contributed by atoms with Crippen LogP contribution in [0.25, 0.3) is 0 Å². The molecule has 0 aromatic carbocycles. The number of thiophene rings is 1. The van der Waals surface area contributed by atoms with Crippen molar-refractivity contribution in [1.82, 2.24) is 4.90 Å². The molecule has 0 radical (unpaired) electrons. The maximum Gasteiger partial charge on any atom is 0.232 e. The number of aliphatic hydroxyl groups excluding tert-OH is 1. The number of amides is 1. The molecule has 1 aromatic rings. The molecule has 5 heteroatoms. The molecule has 1 amide bonds. The second-order valence-electron chi connectivity index (χ2n) is 4.18. The highest BCUT2D eigenvalue weighted by atomic mass is 32.2. The molecule has 2 rings (SSSR count). The molecule has 0 bridgehead atoms. The molecule has 1 aliphatic heterocycles. The quantitative estimate of drug-likeness (QED) is 0.910. The average Bonchev–Trinajstić information content (AvgIpc) is 2.83. The van der Waals surface area contributed by atoms with Crippen molar-refractivity contribution in [3.05, 3.63) is 22.4 Å². The van der Waals surface area contributed by atoms with Crippen molar-refractivity contribution >= 4 is 29.0 Å². The summed E-state index contributed by atoms with van der Waals surface area (Å²) in [7, 11) is 0. The third-order valence-corrected chi connectivity index (χ3v) is 4.89. The molecule has 94 valence electrons. The van der Waals surface area contributed by atoms with Crippen molar-refractivity contribution < 1.29 is 9.90 Å².